The number of aryl methyl sites for hydroxylation is 1. The van der Waals surface area contributed by atoms with E-state index in [4.69, 9.17) is 19.4 Å². The second-order valence-corrected chi connectivity index (χ2v) is 6.45. The van der Waals surface area contributed by atoms with Gasteiger partial charge in [-0.25, -0.2) is 4.79 Å². The van der Waals surface area contributed by atoms with Gasteiger partial charge in [0, 0.05) is 26.2 Å². The number of carboxylic acid groups (broad SMARTS) is 1. The van der Waals surface area contributed by atoms with Crippen LogP contribution in [0.1, 0.15) is 24.0 Å². The van der Waals surface area contributed by atoms with Crippen LogP contribution in [-0.4, -0.2) is 60.7 Å². The van der Waals surface area contributed by atoms with E-state index in [1.807, 2.05) is 0 Å². The monoisotopic (exact) mass is 375 g/mol. The van der Waals surface area contributed by atoms with Crippen molar-refractivity contribution in [2.24, 2.45) is 0 Å². The average molecular weight is 375 g/mol. The van der Waals surface area contributed by atoms with Gasteiger partial charge in [-0.3, -0.25) is 4.90 Å². The standard InChI is InChI=1S/C16H23NO2.C2HF3O2/c1-12-5-3-4-6-13(12)11-17-9-10-19-16-14(17)7-8-15(16)18-2;3-2(4,5)1(6)7/h3-6,14-16H,7-11H2,1-2H3;(H,6,7)/t14-,15+,16+;/m0./s1. The van der Waals surface area contributed by atoms with Crippen molar-refractivity contribution in [1.82, 2.24) is 4.90 Å². The molecule has 146 valence electrons. The van der Waals surface area contributed by atoms with Crippen molar-refractivity contribution in [3.05, 3.63) is 35.4 Å². The summed E-state index contributed by atoms with van der Waals surface area (Å²) in [5.74, 6) is -2.76. The van der Waals surface area contributed by atoms with E-state index in [1.54, 1.807) is 7.11 Å². The normalized spacial score (nSPS) is 26.0. The molecule has 0 radical (unpaired) electrons. The molecular formula is C18H24F3NO4. The molecule has 1 N–H and O–H groups in total. The SMILES string of the molecule is CO[C@@H]1CC[C@H]2[C@H]1OCCN2Cc1ccccc1C.O=C(O)C(F)(F)F. The Hall–Kier alpha value is -1.64. The number of rotatable bonds is 3. The second kappa shape index (κ2) is 8.83. The Morgan fingerprint density at radius 2 is 2.00 bits per heavy atom. The van der Waals surface area contributed by atoms with Gasteiger partial charge < -0.3 is 14.6 Å². The van der Waals surface area contributed by atoms with Gasteiger partial charge in [-0.2, -0.15) is 13.2 Å². The number of morpholine rings is 1. The van der Waals surface area contributed by atoms with Gasteiger partial charge in [-0.05, 0) is 30.9 Å². The molecular weight excluding hydrogens is 351 g/mol. The first-order valence-electron chi connectivity index (χ1n) is 8.47. The van der Waals surface area contributed by atoms with Crippen LogP contribution in [0.2, 0.25) is 0 Å². The zero-order chi connectivity index (χ0) is 19.3. The molecule has 0 amide bonds. The van der Waals surface area contributed by atoms with Crippen LogP contribution in [0.15, 0.2) is 24.3 Å². The molecule has 1 saturated heterocycles. The number of benzene rings is 1. The average Bonchev–Trinajstić information content (AvgIpc) is 3.01. The lowest BCUT2D eigenvalue weighted by Crippen LogP contribution is -2.51. The summed E-state index contributed by atoms with van der Waals surface area (Å²) in [4.78, 5) is 11.5. The number of carboxylic acids is 1. The molecule has 1 saturated carbocycles. The maximum atomic E-state index is 10.6. The summed E-state index contributed by atoms with van der Waals surface area (Å²) in [7, 11) is 1.80. The van der Waals surface area contributed by atoms with Crippen molar-refractivity contribution < 1.29 is 32.5 Å². The second-order valence-electron chi connectivity index (χ2n) is 6.45. The molecule has 0 unspecified atom stereocenters. The summed E-state index contributed by atoms with van der Waals surface area (Å²) in [5, 5.41) is 7.12. The van der Waals surface area contributed by atoms with Gasteiger partial charge in [-0.1, -0.05) is 24.3 Å². The fourth-order valence-electron chi connectivity index (χ4n) is 3.45. The molecule has 5 nitrogen and oxygen atoms in total. The molecule has 2 aliphatic rings. The minimum Gasteiger partial charge on any atom is -0.475 e. The molecule has 1 aromatic carbocycles. The summed E-state index contributed by atoms with van der Waals surface area (Å²) in [6.07, 6.45) is -2.22. The van der Waals surface area contributed by atoms with Crippen molar-refractivity contribution in [3.8, 4) is 0 Å². The van der Waals surface area contributed by atoms with Crippen LogP contribution in [0.25, 0.3) is 0 Å². The zero-order valence-electron chi connectivity index (χ0n) is 14.8. The highest BCUT2D eigenvalue weighted by atomic mass is 19.4. The number of hydrogen-bond donors (Lipinski definition) is 1. The molecule has 1 aliphatic carbocycles. The highest BCUT2D eigenvalue weighted by Gasteiger charge is 2.42. The lowest BCUT2D eigenvalue weighted by Gasteiger charge is -2.39. The van der Waals surface area contributed by atoms with E-state index in [-0.39, 0.29) is 12.2 Å². The van der Waals surface area contributed by atoms with Crippen LogP contribution in [-0.2, 0) is 20.8 Å². The quantitative estimate of drug-likeness (QED) is 0.880. The topological polar surface area (TPSA) is 59.0 Å². The summed E-state index contributed by atoms with van der Waals surface area (Å²) >= 11 is 0. The minimum absolute atomic E-state index is 0.266. The van der Waals surface area contributed by atoms with Crippen LogP contribution in [0, 0.1) is 6.92 Å². The molecule has 0 aromatic heterocycles. The highest BCUT2D eigenvalue weighted by molar-refractivity contribution is 5.73. The number of halogens is 3. The van der Waals surface area contributed by atoms with Crippen LogP contribution in [0.4, 0.5) is 13.2 Å². The van der Waals surface area contributed by atoms with Crippen molar-refractivity contribution in [1.29, 1.82) is 0 Å². The van der Waals surface area contributed by atoms with E-state index in [1.165, 1.54) is 17.5 Å². The number of nitrogens with zero attached hydrogens (tertiary/aromatic N) is 1. The van der Waals surface area contributed by atoms with Gasteiger partial charge in [0.15, 0.2) is 0 Å². The predicted molar refractivity (Wildman–Crippen MR) is 88.8 cm³/mol. The smallest absolute Gasteiger partial charge is 0.475 e. The molecule has 1 aromatic rings. The Morgan fingerprint density at radius 1 is 1.35 bits per heavy atom. The number of fused-ring (bicyclic) bond motifs is 1. The number of ether oxygens (including phenoxy) is 2. The van der Waals surface area contributed by atoms with Crippen LogP contribution in [0.5, 0.6) is 0 Å². The fourth-order valence-corrected chi connectivity index (χ4v) is 3.45. The maximum absolute atomic E-state index is 10.6. The number of carbonyl (C=O) groups is 1. The number of methoxy groups -OCH3 is 1. The molecule has 3 rings (SSSR count). The Bertz CT molecular complexity index is 608. The van der Waals surface area contributed by atoms with Crippen molar-refractivity contribution in [3.63, 3.8) is 0 Å². The minimum atomic E-state index is -5.08. The summed E-state index contributed by atoms with van der Waals surface area (Å²) in [6, 6.07) is 9.20. The number of aliphatic carboxylic acids is 1. The first-order chi connectivity index (χ1) is 12.2. The van der Waals surface area contributed by atoms with E-state index in [0.29, 0.717) is 6.04 Å². The van der Waals surface area contributed by atoms with Crippen LogP contribution in [0.3, 0.4) is 0 Å². The molecule has 0 spiro atoms. The van der Waals surface area contributed by atoms with E-state index in [9.17, 15) is 13.2 Å². The van der Waals surface area contributed by atoms with E-state index in [0.717, 1.165) is 26.1 Å². The molecule has 26 heavy (non-hydrogen) atoms. The van der Waals surface area contributed by atoms with Crippen LogP contribution < -0.4 is 0 Å². The van der Waals surface area contributed by atoms with E-state index >= 15 is 0 Å². The largest absolute Gasteiger partial charge is 0.490 e. The molecule has 3 atom stereocenters. The van der Waals surface area contributed by atoms with E-state index in [2.05, 4.69) is 36.1 Å². The van der Waals surface area contributed by atoms with Gasteiger partial charge in [0.1, 0.15) is 0 Å². The van der Waals surface area contributed by atoms with Gasteiger partial charge in [-0.15, -0.1) is 0 Å². The van der Waals surface area contributed by atoms with Gasteiger partial charge in [0.05, 0.1) is 18.8 Å². The lowest BCUT2D eigenvalue weighted by molar-refractivity contribution is -0.192. The lowest BCUT2D eigenvalue weighted by atomic mass is 10.1. The van der Waals surface area contributed by atoms with Crippen molar-refractivity contribution in [2.45, 2.75) is 50.7 Å². The molecule has 0 bridgehead atoms. The summed E-state index contributed by atoms with van der Waals surface area (Å²) in [6.45, 7) is 5.09. The first-order valence-corrected chi connectivity index (χ1v) is 8.47. The summed E-state index contributed by atoms with van der Waals surface area (Å²) < 4.78 is 43.2. The predicted octanol–water partition coefficient (Wildman–Crippen LogP) is 3.01. The van der Waals surface area contributed by atoms with Gasteiger partial charge in [0.2, 0.25) is 0 Å². The number of alkyl halides is 3. The van der Waals surface area contributed by atoms with Crippen molar-refractivity contribution >= 4 is 5.97 Å². The molecule has 1 heterocycles. The molecule has 8 heteroatoms. The molecule has 2 fully saturated rings. The molecule has 1 aliphatic heterocycles. The van der Waals surface area contributed by atoms with Crippen LogP contribution >= 0.6 is 0 Å². The fraction of sp³-hybridized carbons (Fsp3) is 0.611. The van der Waals surface area contributed by atoms with E-state index < -0.39 is 12.1 Å². The Kier molecular flexibility index (Phi) is 7.02. The van der Waals surface area contributed by atoms with Crippen molar-refractivity contribution in [2.75, 3.05) is 20.3 Å². The Morgan fingerprint density at radius 3 is 2.58 bits per heavy atom. The third-order valence-electron chi connectivity index (χ3n) is 4.83. The third-order valence-corrected chi connectivity index (χ3v) is 4.83. The third kappa shape index (κ3) is 5.18. The van der Waals surface area contributed by atoms with Gasteiger partial charge >= 0.3 is 12.1 Å². The Labute approximate surface area is 150 Å². The maximum Gasteiger partial charge on any atom is 0.490 e. The zero-order valence-corrected chi connectivity index (χ0v) is 14.8. The van der Waals surface area contributed by atoms with Gasteiger partial charge in [0.25, 0.3) is 0 Å². The summed E-state index contributed by atoms with van der Waals surface area (Å²) in [5.41, 5.74) is 2.82. The highest BCUT2D eigenvalue weighted by Crippen LogP contribution is 2.32. The number of hydrogen-bond acceptors (Lipinski definition) is 4. The Balaban J connectivity index is 0.000000298. The first kappa shape index (κ1) is 20.7.